The van der Waals surface area contributed by atoms with Crippen molar-refractivity contribution in [3.63, 3.8) is 0 Å². The number of halogens is 1. The fraction of sp³-hybridized carbons (Fsp3) is 0.538. The largest absolute Gasteiger partial charge is 0.392 e. The first-order valence-electron chi connectivity index (χ1n) is 6.33. The second-order valence-electron chi connectivity index (χ2n) is 4.79. The van der Waals surface area contributed by atoms with Crippen LogP contribution < -0.4 is 4.72 Å². The van der Waals surface area contributed by atoms with Crippen molar-refractivity contribution < 1.29 is 18.3 Å². The maximum atomic E-state index is 12.1. The van der Waals surface area contributed by atoms with Crippen molar-refractivity contribution in [2.75, 3.05) is 19.8 Å². The molecular weight excluding hydrogens is 346 g/mol. The molecule has 5 nitrogen and oxygen atoms in total. The Morgan fingerprint density at radius 3 is 2.65 bits per heavy atom. The van der Waals surface area contributed by atoms with Crippen LogP contribution in [0.2, 0.25) is 0 Å². The van der Waals surface area contributed by atoms with Gasteiger partial charge in [0.05, 0.1) is 18.1 Å². The van der Waals surface area contributed by atoms with Crippen molar-refractivity contribution >= 4 is 26.0 Å². The van der Waals surface area contributed by atoms with Crippen molar-refractivity contribution in [3.8, 4) is 0 Å². The number of hydrogen-bond donors (Lipinski definition) is 2. The van der Waals surface area contributed by atoms with Gasteiger partial charge in [-0.25, -0.2) is 13.1 Å². The molecular formula is C13H20BrNO4S. The quantitative estimate of drug-likeness (QED) is 0.689. The highest BCUT2D eigenvalue weighted by Gasteiger charge is 2.17. The molecule has 114 valence electrons. The van der Waals surface area contributed by atoms with Crippen molar-refractivity contribution in [3.05, 3.63) is 28.2 Å². The van der Waals surface area contributed by atoms with E-state index in [1.54, 1.807) is 12.1 Å². The molecule has 0 saturated carbocycles. The second kappa shape index (κ2) is 8.09. The summed E-state index contributed by atoms with van der Waals surface area (Å²) in [7, 11) is -3.58. The topological polar surface area (TPSA) is 75.6 Å². The molecule has 0 aliphatic carbocycles. The zero-order chi connectivity index (χ0) is 15.2. The third-order valence-corrected chi connectivity index (χ3v) is 4.90. The molecule has 0 saturated heterocycles. The Morgan fingerprint density at radius 2 is 2.10 bits per heavy atom. The smallest absolute Gasteiger partial charge is 0.241 e. The molecule has 20 heavy (non-hydrogen) atoms. The lowest BCUT2D eigenvalue weighted by Gasteiger charge is -2.10. The van der Waals surface area contributed by atoms with E-state index in [1.165, 1.54) is 6.07 Å². The average molecular weight is 366 g/mol. The first-order chi connectivity index (χ1) is 9.36. The van der Waals surface area contributed by atoms with E-state index in [4.69, 9.17) is 9.84 Å². The number of hydrogen-bond acceptors (Lipinski definition) is 4. The van der Waals surface area contributed by atoms with E-state index >= 15 is 0 Å². The minimum atomic E-state index is -3.58. The van der Waals surface area contributed by atoms with Crippen molar-refractivity contribution in [1.29, 1.82) is 0 Å². The molecule has 0 heterocycles. The van der Waals surface area contributed by atoms with Crippen LogP contribution in [0.3, 0.4) is 0 Å². The predicted molar refractivity (Wildman–Crippen MR) is 80.9 cm³/mol. The number of nitrogens with one attached hydrogen (secondary N) is 1. The van der Waals surface area contributed by atoms with Gasteiger partial charge in [0.1, 0.15) is 0 Å². The van der Waals surface area contributed by atoms with Crippen LogP contribution in [-0.2, 0) is 21.4 Å². The fourth-order valence-corrected chi connectivity index (χ4v) is 3.64. The van der Waals surface area contributed by atoms with Gasteiger partial charge in [-0.15, -0.1) is 0 Å². The van der Waals surface area contributed by atoms with Gasteiger partial charge in [0, 0.05) is 17.6 Å². The Labute approximate surface area is 128 Å². The highest BCUT2D eigenvalue weighted by atomic mass is 79.9. The van der Waals surface area contributed by atoms with E-state index < -0.39 is 10.0 Å². The van der Waals surface area contributed by atoms with Gasteiger partial charge in [0.25, 0.3) is 0 Å². The Morgan fingerprint density at radius 1 is 1.40 bits per heavy atom. The third-order valence-electron chi connectivity index (χ3n) is 2.46. The zero-order valence-electron chi connectivity index (χ0n) is 11.6. The molecule has 0 amide bonds. The highest BCUT2D eigenvalue weighted by molar-refractivity contribution is 9.10. The van der Waals surface area contributed by atoms with Crippen molar-refractivity contribution in [2.24, 2.45) is 5.92 Å². The molecule has 2 N–H and O–H groups in total. The lowest BCUT2D eigenvalue weighted by molar-refractivity contribution is 0.114. The van der Waals surface area contributed by atoms with E-state index in [-0.39, 0.29) is 18.0 Å². The van der Waals surface area contributed by atoms with Gasteiger partial charge in [-0.3, -0.25) is 0 Å². The normalized spacial score (nSPS) is 12.1. The first kappa shape index (κ1) is 17.6. The second-order valence-corrected chi connectivity index (χ2v) is 7.38. The zero-order valence-corrected chi connectivity index (χ0v) is 14.0. The predicted octanol–water partition coefficient (Wildman–Crippen LogP) is 1.89. The molecule has 0 aliphatic rings. The van der Waals surface area contributed by atoms with E-state index in [2.05, 4.69) is 20.7 Å². The number of rotatable bonds is 8. The molecule has 0 atom stereocenters. The third kappa shape index (κ3) is 5.49. The molecule has 0 spiro atoms. The van der Waals surface area contributed by atoms with Crippen LogP contribution in [0.25, 0.3) is 0 Å². The van der Waals surface area contributed by atoms with Gasteiger partial charge in [-0.05, 0) is 39.5 Å². The molecule has 0 radical (unpaired) electrons. The van der Waals surface area contributed by atoms with Crippen molar-refractivity contribution in [2.45, 2.75) is 25.3 Å². The minimum absolute atomic E-state index is 0.130. The summed E-state index contributed by atoms with van der Waals surface area (Å²) >= 11 is 3.20. The number of ether oxygens (including phenoxy) is 1. The molecule has 0 unspecified atom stereocenters. The first-order valence-corrected chi connectivity index (χ1v) is 8.61. The van der Waals surface area contributed by atoms with E-state index in [1.807, 2.05) is 13.8 Å². The summed E-state index contributed by atoms with van der Waals surface area (Å²) < 4.78 is 32.4. The lowest BCUT2D eigenvalue weighted by atomic mass is 10.2. The molecule has 0 aliphatic heterocycles. The fourth-order valence-electron chi connectivity index (χ4n) is 1.51. The SMILES string of the molecule is CC(C)COCCNS(=O)(=O)c1ccc(CO)cc1Br. The minimum Gasteiger partial charge on any atom is -0.392 e. The van der Waals surface area contributed by atoms with E-state index in [9.17, 15) is 8.42 Å². The molecule has 7 heteroatoms. The summed E-state index contributed by atoms with van der Waals surface area (Å²) in [5.74, 6) is 0.423. The number of benzene rings is 1. The van der Waals surface area contributed by atoms with Gasteiger partial charge in [-0.1, -0.05) is 19.9 Å². The molecule has 1 aromatic carbocycles. The lowest BCUT2D eigenvalue weighted by Crippen LogP contribution is -2.28. The Balaban J connectivity index is 2.60. The summed E-state index contributed by atoms with van der Waals surface area (Å²) in [6.45, 7) is 5.10. The van der Waals surface area contributed by atoms with Crippen LogP contribution in [0.5, 0.6) is 0 Å². The Kier molecular flexibility index (Phi) is 7.11. The van der Waals surface area contributed by atoms with Gasteiger partial charge in [-0.2, -0.15) is 0 Å². The van der Waals surface area contributed by atoms with Gasteiger partial charge < -0.3 is 9.84 Å². The summed E-state index contributed by atoms with van der Waals surface area (Å²) in [5, 5.41) is 9.00. The van der Waals surface area contributed by atoms with Crippen LogP contribution in [-0.4, -0.2) is 33.3 Å². The van der Waals surface area contributed by atoms with Gasteiger partial charge in [0.15, 0.2) is 0 Å². The molecule has 0 aromatic heterocycles. The highest BCUT2D eigenvalue weighted by Crippen LogP contribution is 2.23. The molecule has 0 fully saturated rings. The average Bonchev–Trinajstić information content (AvgIpc) is 2.37. The number of aliphatic hydroxyl groups is 1. The molecule has 0 bridgehead atoms. The monoisotopic (exact) mass is 365 g/mol. The van der Waals surface area contributed by atoms with Gasteiger partial charge >= 0.3 is 0 Å². The Bertz CT molecular complexity index is 531. The van der Waals surface area contributed by atoms with E-state index in [0.717, 1.165) is 0 Å². The number of sulfonamides is 1. The maximum absolute atomic E-state index is 12.1. The standard InChI is InChI=1S/C13H20BrNO4S/c1-10(2)9-19-6-5-15-20(17,18)13-4-3-11(8-16)7-12(13)14/h3-4,7,10,15-16H,5-6,8-9H2,1-2H3. The van der Waals surface area contributed by atoms with Crippen LogP contribution in [0.15, 0.2) is 27.6 Å². The summed E-state index contributed by atoms with van der Waals surface area (Å²) in [6, 6.07) is 4.63. The number of aliphatic hydroxyl groups excluding tert-OH is 1. The molecule has 1 rings (SSSR count). The van der Waals surface area contributed by atoms with Crippen LogP contribution in [0.1, 0.15) is 19.4 Å². The summed E-state index contributed by atoms with van der Waals surface area (Å²) in [5.41, 5.74) is 0.649. The van der Waals surface area contributed by atoms with E-state index in [0.29, 0.717) is 29.2 Å². The van der Waals surface area contributed by atoms with Crippen LogP contribution in [0.4, 0.5) is 0 Å². The van der Waals surface area contributed by atoms with Gasteiger partial charge in [0.2, 0.25) is 10.0 Å². The summed E-state index contributed by atoms with van der Waals surface area (Å²) in [4.78, 5) is 0.151. The Hall–Kier alpha value is -0.470. The van der Waals surface area contributed by atoms with Crippen molar-refractivity contribution in [1.82, 2.24) is 4.72 Å². The summed E-state index contributed by atoms with van der Waals surface area (Å²) in [6.07, 6.45) is 0. The van der Waals surface area contributed by atoms with Crippen LogP contribution >= 0.6 is 15.9 Å². The van der Waals surface area contributed by atoms with Crippen LogP contribution in [0, 0.1) is 5.92 Å². The molecule has 1 aromatic rings. The maximum Gasteiger partial charge on any atom is 0.241 e.